The lowest BCUT2D eigenvalue weighted by Crippen LogP contribution is -2.10. The zero-order valence-electron chi connectivity index (χ0n) is 8.14. The van der Waals surface area contributed by atoms with Crippen molar-refractivity contribution in [2.45, 2.75) is 25.7 Å². The summed E-state index contributed by atoms with van der Waals surface area (Å²) in [4.78, 5) is 25.8. The van der Waals surface area contributed by atoms with E-state index >= 15 is 0 Å². The van der Waals surface area contributed by atoms with Crippen LogP contribution in [0.15, 0.2) is 6.20 Å². The molecule has 0 saturated carbocycles. The standard InChI is InChI=1S/C9H11NO4S/c1-5-10-4-7(15-5)6(2-8(11)12)3-9(13)14/h4,6H,2-3H2,1H3,(H,11,12)(H,13,14). The van der Waals surface area contributed by atoms with Gasteiger partial charge in [0.25, 0.3) is 0 Å². The second-order valence-corrected chi connectivity index (χ2v) is 4.44. The van der Waals surface area contributed by atoms with Crippen LogP contribution in [-0.4, -0.2) is 27.1 Å². The van der Waals surface area contributed by atoms with Crippen molar-refractivity contribution in [1.29, 1.82) is 0 Å². The Hall–Kier alpha value is -1.43. The van der Waals surface area contributed by atoms with Crippen molar-refractivity contribution in [3.8, 4) is 0 Å². The quantitative estimate of drug-likeness (QED) is 0.798. The number of aliphatic carboxylic acids is 2. The molecule has 0 radical (unpaired) electrons. The summed E-state index contributed by atoms with van der Waals surface area (Å²) < 4.78 is 0. The summed E-state index contributed by atoms with van der Waals surface area (Å²) in [7, 11) is 0. The van der Waals surface area contributed by atoms with E-state index in [2.05, 4.69) is 4.98 Å². The van der Waals surface area contributed by atoms with Gasteiger partial charge in [0.05, 0.1) is 17.8 Å². The van der Waals surface area contributed by atoms with E-state index < -0.39 is 17.9 Å². The van der Waals surface area contributed by atoms with Gasteiger partial charge in [-0.15, -0.1) is 11.3 Å². The van der Waals surface area contributed by atoms with Crippen LogP contribution in [-0.2, 0) is 9.59 Å². The highest BCUT2D eigenvalue weighted by Gasteiger charge is 2.20. The van der Waals surface area contributed by atoms with Crippen LogP contribution in [0.1, 0.15) is 28.6 Å². The van der Waals surface area contributed by atoms with Gasteiger partial charge in [0.2, 0.25) is 0 Å². The Balaban J connectivity index is 2.80. The van der Waals surface area contributed by atoms with Crippen molar-refractivity contribution in [3.05, 3.63) is 16.1 Å². The molecule has 0 fully saturated rings. The summed E-state index contributed by atoms with van der Waals surface area (Å²) in [5.74, 6) is -2.47. The van der Waals surface area contributed by atoms with E-state index in [-0.39, 0.29) is 12.8 Å². The minimum Gasteiger partial charge on any atom is -0.481 e. The van der Waals surface area contributed by atoms with Gasteiger partial charge >= 0.3 is 11.9 Å². The number of aromatic nitrogens is 1. The summed E-state index contributed by atoms with van der Waals surface area (Å²) >= 11 is 1.34. The lowest BCUT2D eigenvalue weighted by molar-refractivity contribution is -0.139. The maximum absolute atomic E-state index is 10.6. The van der Waals surface area contributed by atoms with Crippen LogP contribution in [0.5, 0.6) is 0 Å². The highest BCUT2D eigenvalue weighted by molar-refractivity contribution is 7.11. The van der Waals surface area contributed by atoms with E-state index in [0.717, 1.165) is 9.88 Å². The van der Waals surface area contributed by atoms with Gasteiger partial charge in [-0.3, -0.25) is 9.59 Å². The first-order chi connectivity index (χ1) is 6.99. The van der Waals surface area contributed by atoms with Crippen LogP contribution < -0.4 is 0 Å². The molecule has 1 aromatic heterocycles. The third-order valence-corrected chi connectivity index (χ3v) is 2.96. The Morgan fingerprint density at radius 1 is 1.40 bits per heavy atom. The zero-order valence-corrected chi connectivity index (χ0v) is 8.95. The third kappa shape index (κ3) is 3.67. The van der Waals surface area contributed by atoms with Gasteiger partial charge in [0, 0.05) is 17.0 Å². The van der Waals surface area contributed by atoms with Gasteiger partial charge in [-0.25, -0.2) is 4.98 Å². The summed E-state index contributed by atoms with van der Waals surface area (Å²) in [5, 5.41) is 18.1. The molecule has 0 aliphatic rings. The van der Waals surface area contributed by atoms with Crippen molar-refractivity contribution in [1.82, 2.24) is 4.98 Å². The van der Waals surface area contributed by atoms with Crippen LogP contribution in [0.2, 0.25) is 0 Å². The molecule has 0 amide bonds. The number of aryl methyl sites for hydroxylation is 1. The molecule has 0 unspecified atom stereocenters. The predicted octanol–water partition coefficient (Wildman–Crippen LogP) is 1.48. The fraction of sp³-hybridized carbons (Fsp3) is 0.444. The van der Waals surface area contributed by atoms with E-state index in [1.165, 1.54) is 11.3 Å². The fourth-order valence-electron chi connectivity index (χ4n) is 1.26. The molecule has 0 aromatic carbocycles. The Morgan fingerprint density at radius 3 is 2.27 bits per heavy atom. The molecule has 1 heterocycles. The van der Waals surface area contributed by atoms with Gasteiger partial charge in [-0.05, 0) is 6.92 Å². The highest BCUT2D eigenvalue weighted by Crippen LogP contribution is 2.28. The molecule has 0 atom stereocenters. The number of rotatable bonds is 5. The van der Waals surface area contributed by atoms with Crippen molar-refractivity contribution in [2.75, 3.05) is 0 Å². The highest BCUT2D eigenvalue weighted by atomic mass is 32.1. The minimum absolute atomic E-state index is 0.173. The van der Waals surface area contributed by atoms with E-state index in [0.29, 0.717) is 0 Å². The maximum atomic E-state index is 10.6. The maximum Gasteiger partial charge on any atom is 0.304 e. The number of carboxylic acid groups (broad SMARTS) is 2. The molecule has 0 aliphatic carbocycles. The third-order valence-electron chi connectivity index (χ3n) is 1.88. The number of hydrogen-bond donors (Lipinski definition) is 2. The molecule has 15 heavy (non-hydrogen) atoms. The summed E-state index contributed by atoms with van der Waals surface area (Å²) in [5.41, 5.74) is 0. The molecule has 0 spiro atoms. The summed E-state index contributed by atoms with van der Waals surface area (Å²) in [6.07, 6.45) is 1.21. The molecule has 2 N–H and O–H groups in total. The van der Waals surface area contributed by atoms with Crippen molar-refractivity contribution in [3.63, 3.8) is 0 Å². The van der Waals surface area contributed by atoms with Crippen LogP contribution in [0.3, 0.4) is 0 Å². The van der Waals surface area contributed by atoms with Gasteiger partial charge in [0.1, 0.15) is 0 Å². The monoisotopic (exact) mass is 229 g/mol. The Kier molecular flexibility index (Phi) is 3.79. The van der Waals surface area contributed by atoms with E-state index in [4.69, 9.17) is 10.2 Å². The normalized spacial score (nSPS) is 10.5. The van der Waals surface area contributed by atoms with Crippen molar-refractivity contribution >= 4 is 23.3 Å². The number of nitrogens with zero attached hydrogens (tertiary/aromatic N) is 1. The SMILES string of the molecule is Cc1ncc(C(CC(=O)O)CC(=O)O)s1. The van der Waals surface area contributed by atoms with Gasteiger partial charge in [0.15, 0.2) is 0 Å². The molecule has 5 nitrogen and oxygen atoms in total. The molecule has 0 saturated heterocycles. The number of thiazole rings is 1. The predicted molar refractivity (Wildman–Crippen MR) is 54.1 cm³/mol. The molecule has 0 bridgehead atoms. The lowest BCUT2D eigenvalue weighted by Gasteiger charge is -2.08. The molecule has 1 aromatic rings. The van der Waals surface area contributed by atoms with Gasteiger partial charge < -0.3 is 10.2 Å². The van der Waals surface area contributed by atoms with Gasteiger partial charge in [-0.2, -0.15) is 0 Å². The number of carbonyl (C=O) groups is 2. The van der Waals surface area contributed by atoms with E-state index in [1.807, 2.05) is 0 Å². The van der Waals surface area contributed by atoms with E-state index in [1.54, 1.807) is 13.1 Å². The first-order valence-electron chi connectivity index (χ1n) is 4.35. The van der Waals surface area contributed by atoms with Crippen LogP contribution in [0, 0.1) is 6.92 Å². The van der Waals surface area contributed by atoms with Gasteiger partial charge in [-0.1, -0.05) is 0 Å². The average Bonchev–Trinajstić information content (AvgIpc) is 2.48. The Bertz CT molecular complexity index is 358. The second kappa shape index (κ2) is 4.88. The molecular weight excluding hydrogens is 218 g/mol. The van der Waals surface area contributed by atoms with Crippen molar-refractivity contribution in [2.24, 2.45) is 0 Å². The number of carboxylic acids is 2. The minimum atomic E-state index is -0.993. The summed E-state index contributed by atoms with van der Waals surface area (Å²) in [6, 6.07) is 0. The first-order valence-corrected chi connectivity index (χ1v) is 5.16. The van der Waals surface area contributed by atoms with Crippen LogP contribution in [0.4, 0.5) is 0 Å². The Labute approximate surface area is 90.4 Å². The number of hydrogen-bond acceptors (Lipinski definition) is 4. The van der Waals surface area contributed by atoms with Crippen molar-refractivity contribution < 1.29 is 19.8 Å². The average molecular weight is 229 g/mol. The van der Waals surface area contributed by atoms with Crippen LogP contribution in [0.25, 0.3) is 0 Å². The smallest absolute Gasteiger partial charge is 0.304 e. The summed E-state index contributed by atoms with van der Waals surface area (Å²) in [6.45, 7) is 1.80. The molecule has 82 valence electrons. The molecule has 6 heteroatoms. The Morgan fingerprint density at radius 2 is 1.93 bits per heavy atom. The molecular formula is C9H11NO4S. The largest absolute Gasteiger partial charge is 0.481 e. The fourth-order valence-corrected chi connectivity index (χ4v) is 2.15. The first kappa shape index (κ1) is 11.6. The van der Waals surface area contributed by atoms with E-state index in [9.17, 15) is 9.59 Å². The topological polar surface area (TPSA) is 87.5 Å². The lowest BCUT2D eigenvalue weighted by atomic mass is 10.0. The molecule has 0 aliphatic heterocycles. The zero-order chi connectivity index (χ0) is 11.4. The molecule has 1 rings (SSSR count). The van der Waals surface area contributed by atoms with Crippen LogP contribution >= 0.6 is 11.3 Å². The second-order valence-electron chi connectivity index (χ2n) is 3.17.